The molecule has 1 heterocycles. The van der Waals surface area contributed by atoms with Crippen molar-refractivity contribution in [3.05, 3.63) is 59.7 Å². The fourth-order valence-electron chi connectivity index (χ4n) is 4.26. The normalized spacial score (nSPS) is 15.5. The summed E-state index contributed by atoms with van der Waals surface area (Å²) in [4.78, 5) is 12.9. The number of carbonyl (C=O) groups excluding carboxylic acids is 1. The van der Waals surface area contributed by atoms with E-state index in [1.165, 1.54) is 35.7 Å². The molecule has 5 nitrogen and oxygen atoms in total. The lowest BCUT2D eigenvalue weighted by atomic mass is 9.86. The van der Waals surface area contributed by atoms with Crippen molar-refractivity contribution in [1.82, 2.24) is 14.8 Å². The molecule has 33 heavy (non-hydrogen) atoms. The molecule has 3 aromatic rings. The van der Waals surface area contributed by atoms with Crippen LogP contribution in [0.1, 0.15) is 70.5 Å². The molecule has 1 aliphatic carbocycles. The van der Waals surface area contributed by atoms with E-state index < -0.39 is 0 Å². The molecule has 2 aromatic carbocycles. The average Bonchev–Trinajstić information content (AvgIpc) is 3.44. The number of amides is 1. The van der Waals surface area contributed by atoms with Gasteiger partial charge in [-0.3, -0.25) is 9.36 Å². The molecule has 0 radical (unpaired) electrons. The highest BCUT2D eigenvalue weighted by atomic mass is 32.2. The Kier molecular flexibility index (Phi) is 6.94. The van der Waals surface area contributed by atoms with Gasteiger partial charge in [-0.05, 0) is 49.8 Å². The summed E-state index contributed by atoms with van der Waals surface area (Å²) < 4.78 is 2.28. The average molecular weight is 463 g/mol. The summed E-state index contributed by atoms with van der Waals surface area (Å²) in [7, 11) is 0. The van der Waals surface area contributed by atoms with Crippen LogP contribution in [0.5, 0.6) is 0 Å². The third kappa shape index (κ3) is 5.49. The number of rotatable bonds is 6. The standard InChI is InChI=1S/C27H34N4OS/c1-18-10-16-22(17-11-18)28-25(32)19(2)33-26-30-29-24(31(26)23-8-6-7-9-23)20-12-14-21(15-13-20)27(3,4)5/h10-17,19,23H,6-9H2,1-5H3,(H,28,32)/t19-/m1/s1. The second-order valence-corrected chi connectivity index (χ2v) is 11.4. The van der Waals surface area contributed by atoms with Crippen LogP contribution in [0, 0.1) is 6.92 Å². The summed E-state index contributed by atoms with van der Waals surface area (Å²) in [5, 5.41) is 12.7. The number of hydrogen-bond acceptors (Lipinski definition) is 4. The van der Waals surface area contributed by atoms with Crippen molar-refractivity contribution in [3.8, 4) is 11.4 Å². The Hall–Kier alpha value is -2.60. The summed E-state index contributed by atoms with van der Waals surface area (Å²) in [5.41, 5.74) is 4.47. The monoisotopic (exact) mass is 462 g/mol. The van der Waals surface area contributed by atoms with Crippen molar-refractivity contribution in [2.24, 2.45) is 0 Å². The van der Waals surface area contributed by atoms with Crippen LogP contribution in [0.15, 0.2) is 53.7 Å². The Morgan fingerprint density at radius 3 is 2.27 bits per heavy atom. The SMILES string of the molecule is Cc1ccc(NC(=O)[C@@H](C)Sc2nnc(-c3ccc(C(C)(C)C)cc3)n2C2CCCC2)cc1. The Morgan fingerprint density at radius 2 is 1.67 bits per heavy atom. The van der Waals surface area contributed by atoms with E-state index in [2.05, 4.69) is 65.1 Å². The van der Waals surface area contributed by atoms with Gasteiger partial charge in [0.05, 0.1) is 5.25 Å². The van der Waals surface area contributed by atoms with E-state index in [9.17, 15) is 4.79 Å². The molecular formula is C27H34N4OS. The number of benzene rings is 2. The van der Waals surface area contributed by atoms with Crippen LogP contribution in [0.3, 0.4) is 0 Å². The summed E-state index contributed by atoms with van der Waals surface area (Å²) in [6.45, 7) is 10.6. The fourth-order valence-corrected chi connectivity index (χ4v) is 5.18. The van der Waals surface area contributed by atoms with Crippen LogP contribution >= 0.6 is 11.8 Å². The Balaban J connectivity index is 1.57. The van der Waals surface area contributed by atoms with Crippen molar-refractivity contribution in [3.63, 3.8) is 0 Å². The molecule has 6 heteroatoms. The second kappa shape index (κ2) is 9.72. The first-order valence-corrected chi connectivity index (χ1v) is 12.7. The number of aryl methyl sites for hydroxylation is 1. The largest absolute Gasteiger partial charge is 0.325 e. The minimum absolute atomic E-state index is 0.0269. The molecule has 0 bridgehead atoms. The highest BCUT2D eigenvalue weighted by molar-refractivity contribution is 8.00. The third-order valence-corrected chi connectivity index (χ3v) is 7.39. The van der Waals surface area contributed by atoms with Crippen LogP contribution in [-0.2, 0) is 10.2 Å². The molecular weight excluding hydrogens is 428 g/mol. The molecule has 1 saturated carbocycles. The first-order valence-electron chi connectivity index (χ1n) is 11.8. The number of hydrogen-bond donors (Lipinski definition) is 1. The lowest BCUT2D eigenvalue weighted by molar-refractivity contribution is -0.115. The molecule has 1 aromatic heterocycles. The van der Waals surface area contributed by atoms with Gasteiger partial charge in [0, 0.05) is 17.3 Å². The highest BCUT2D eigenvalue weighted by Gasteiger charge is 2.27. The van der Waals surface area contributed by atoms with Crippen LogP contribution in [-0.4, -0.2) is 25.9 Å². The van der Waals surface area contributed by atoms with Crippen molar-refractivity contribution < 1.29 is 4.79 Å². The Labute approximate surface area is 201 Å². The van der Waals surface area contributed by atoms with Crippen molar-refractivity contribution >= 4 is 23.4 Å². The first kappa shape index (κ1) is 23.6. The third-order valence-electron chi connectivity index (χ3n) is 6.33. The number of nitrogens with zero attached hydrogens (tertiary/aromatic N) is 3. The summed E-state index contributed by atoms with van der Waals surface area (Å²) in [6, 6.07) is 16.9. The van der Waals surface area contributed by atoms with Gasteiger partial charge in [0.2, 0.25) is 5.91 Å². The number of carbonyl (C=O) groups is 1. The zero-order valence-electron chi connectivity index (χ0n) is 20.3. The van der Waals surface area contributed by atoms with Gasteiger partial charge in [0.1, 0.15) is 0 Å². The molecule has 1 fully saturated rings. The molecule has 0 spiro atoms. The lowest BCUT2D eigenvalue weighted by Crippen LogP contribution is -2.23. The molecule has 0 unspecified atom stereocenters. The highest BCUT2D eigenvalue weighted by Crippen LogP contribution is 2.38. The molecule has 1 atom stereocenters. The molecule has 0 saturated heterocycles. The van der Waals surface area contributed by atoms with Gasteiger partial charge in [-0.1, -0.05) is 87.3 Å². The smallest absolute Gasteiger partial charge is 0.237 e. The van der Waals surface area contributed by atoms with Gasteiger partial charge < -0.3 is 5.32 Å². The molecule has 4 rings (SSSR count). The van der Waals surface area contributed by atoms with Gasteiger partial charge in [-0.15, -0.1) is 10.2 Å². The predicted molar refractivity (Wildman–Crippen MR) is 137 cm³/mol. The maximum Gasteiger partial charge on any atom is 0.237 e. The lowest BCUT2D eigenvalue weighted by Gasteiger charge is -2.20. The molecule has 1 N–H and O–H groups in total. The van der Waals surface area contributed by atoms with E-state index in [4.69, 9.17) is 0 Å². The molecule has 0 aliphatic heterocycles. The van der Waals surface area contributed by atoms with E-state index >= 15 is 0 Å². The topological polar surface area (TPSA) is 59.8 Å². The quantitative estimate of drug-likeness (QED) is 0.410. The molecule has 174 valence electrons. The van der Waals surface area contributed by atoms with Gasteiger partial charge in [0.25, 0.3) is 0 Å². The molecule has 1 amide bonds. The van der Waals surface area contributed by atoms with E-state index in [1.54, 1.807) is 0 Å². The van der Waals surface area contributed by atoms with Crippen molar-refractivity contribution in [2.75, 3.05) is 5.32 Å². The van der Waals surface area contributed by atoms with Gasteiger partial charge in [0.15, 0.2) is 11.0 Å². The van der Waals surface area contributed by atoms with Crippen molar-refractivity contribution in [1.29, 1.82) is 0 Å². The zero-order valence-corrected chi connectivity index (χ0v) is 21.1. The number of nitrogens with one attached hydrogen (secondary N) is 1. The predicted octanol–water partition coefficient (Wildman–Crippen LogP) is 6.79. The van der Waals surface area contributed by atoms with E-state index in [0.29, 0.717) is 6.04 Å². The van der Waals surface area contributed by atoms with E-state index in [0.717, 1.165) is 35.1 Å². The summed E-state index contributed by atoms with van der Waals surface area (Å²) in [5.74, 6) is 0.872. The fraction of sp³-hybridized carbons (Fsp3) is 0.444. The zero-order chi connectivity index (χ0) is 23.6. The van der Waals surface area contributed by atoms with Crippen LogP contribution in [0.4, 0.5) is 5.69 Å². The minimum Gasteiger partial charge on any atom is -0.325 e. The van der Waals surface area contributed by atoms with Crippen molar-refractivity contribution in [2.45, 2.75) is 82.2 Å². The van der Waals surface area contributed by atoms with Gasteiger partial charge in [-0.25, -0.2) is 0 Å². The van der Waals surface area contributed by atoms with Crippen LogP contribution in [0.2, 0.25) is 0 Å². The first-order chi connectivity index (χ1) is 15.7. The Bertz CT molecular complexity index is 1090. The minimum atomic E-state index is -0.285. The maximum absolute atomic E-state index is 12.9. The summed E-state index contributed by atoms with van der Waals surface area (Å²) in [6.07, 6.45) is 4.70. The van der Waals surface area contributed by atoms with Crippen LogP contribution in [0.25, 0.3) is 11.4 Å². The number of anilines is 1. The Morgan fingerprint density at radius 1 is 1.03 bits per heavy atom. The second-order valence-electron chi connectivity index (χ2n) is 10.1. The number of thioether (sulfide) groups is 1. The van der Waals surface area contributed by atoms with Gasteiger partial charge in [-0.2, -0.15) is 0 Å². The maximum atomic E-state index is 12.9. The van der Waals surface area contributed by atoms with Gasteiger partial charge >= 0.3 is 0 Å². The van der Waals surface area contributed by atoms with E-state index in [-0.39, 0.29) is 16.6 Å². The van der Waals surface area contributed by atoms with E-state index in [1.807, 2.05) is 38.1 Å². The summed E-state index contributed by atoms with van der Waals surface area (Å²) >= 11 is 1.49. The number of aromatic nitrogens is 3. The molecule has 1 aliphatic rings. The van der Waals surface area contributed by atoms with Crippen LogP contribution < -0.4 is 5.32 Å².